The quantitative estimate of drug-likeness (QED) is 0.721. The molecule has 0 N–H and O–H groups in total. The third-order valence-electron chi connectivity index (χ3n) is 2.53. The molecule has 3 rings (SSSR count). The number of hydrogen-bond acceptors (Lipinski definition) is 3. The Morgan fingerprint density at radius 1 is 1.29 bits per heavy atom. The van der Waals surface area contributed by atoms with Crippen LogP contribution in [-0.2, 0) is 6.42 Å². The van der Waals surface area contributed by atoms with E-state index >= 15 is 0 Å². The molecule has 17 heavy (non-hydrogen) atoms. The minimum atomic E-state index is 0.958. The molecule has 86 valence electrons. The molecular formula is C12H10BrN3S. The maximum absolute atomic E-state index is 4.58. The summed E-state index contributed by atoms with van der Waals surface area (Å²) < 4.78 is 2.94. The van der Waals surface area contributed by atoms with Crippen molar-refractivity contribution in [2.75, 3.05) is 0 Å². The molecule has 0 radical (unpaired) electrons. The van der Waals surface area contributed by atoms with Gasteiger partial charge in [-0.05, 0) is 18.6 Å². The van der Waals surface area contributed by atoms with Gasteiger partial charge in [0, 0.05) is 10.0 Å². The van der Waals surface area contributed by atoms with Gasteiger partial charge in [0.1, 0.15) is 5.01 Å². The first-order valence-electron chi connectivity index (χ1n) is 5.37. The predicted octanol–water partition coefficient (Wildman–Crippen LogP) is 3.78. The fourth-order valence-electron chi connectivity index (χ4n) is 1.64. The van der Waals surface area contributed by atoms with E-state index < -0.39 is 0 Å². The van der Waals surface area contributed by atoms with Crippen LogP contribution >= 0.6 is 27.3 Å². The molecule has 0 fully saturated rings. The van der Waals surface area contributed by atoms with Gasteiger partial charge >= 0.3 is 0 Å². The van der Waals surface area contributed by atoms with Crippen LogP contribution in [0.2, 0.25) is 0 Å². The Kier molecular flexibility index (Phi) is 2.72. The van der Waals surface area contributed by atoms with Gasteiger partial charge in [0.25, 0.3) is 0 Å². The highest BCUT2D eigenvalue weighted by molar-refractivity contribution is 9.10. The van der Waals surface area contributed by atoms with Crippen LogP contribution in [0.4, 0.5) is 0 Å². The van der Waals surface area contributed by atoms with Crippen molar-refractivity contribution >= 4 is 32.2 Å². The van der Waals surface area contributed by atoms with Crippen LogP contribution in [-0.4, -0.2) is 14.6 Å². The van der Waals surface area contributed by atoms with Crippen molar-refractivity contribution < 1.29 is 0 Å². The van der Waals surface area contributed by atoms with Gasteiger partial charge in [0.05, 0.1) is 11.9 Å². The summed E-state index contributed by atoms with van der Waals surface area (Å²) in [6, 6.07) is 8.15. The van der Waals surface area contributed by atoms with E-state index in [0.29, 0.717) is 0 Å². The highest BCUT2D eigenvalue weighted by Gasteiger charge is 2.08. The van der Waals surface area contributed by atoms with E-state index in [4.69, 9.17) is 0 Å². The molecule has 0 aliphatic heterocycles. The lowest BCUT2D eigenvalue weighted by molar-refractivity contribution is 0.910. The fraction of sp³-hybridized carbons (Fsp3) is 0.167. The average Bonchev–Trinajstić information content (AvgIpc) is 2.87. The third-order valence-corrected chi connectivity index (χ3v) is 4.12. The number of rotatable bonds is 2. The minimum absolute atomic E-state index is 0.958. The lowest BCUT2D eigenvalue weighted by Gasteiger charge is -1.95. The van der Waals surface area contributed by atoms with E-state index in [2.05, 4.69) is 45.1 Å². The summed E-state index contributed by atoms with van der Waals surface area (Å²) in [6.45, 7) is 2.11. The molecule has 0 aliphatic carbocycles. The van der Waals surface area contributed by atoms with Crippen LogP contribution < -0.4 is 0 Å². The molecule has 0 saturated heterocycles. The number of benzene rings is 1. The number of hydrogen-bond donors (Lipinski definition) is 0. The molecule has 2 aromatic heterocycles. The second-order valence-electron chi connectivity index (χ2n) is 3.71. The van der Waals surface area contributed by atoms with Crippen LogP contribution in [0.15, 0.2) is 34.9 Å². The smallest absolute Gasteiger partial charge is 0.212 e. The van der Waals surface area contributed by atoms with E-state index in [1.165, 1.54) is 0 Å². The van der Waals surface area contributed by atoms with Crippen molar-refractivity contribution in [3.63, 3.8) is 0 Å². The molecule has 0 spiro atoms. The number of aromatic nitrogens is 3. The lowest BCUT2D eigenvalue weighted by Crippen LogP contribution is -1.83. The number of aryl methyl sites for hydroxylation is 1. The molecule has 3 aromatic rings. The maximum Gasteiger partial charge on any atom is 0.212 e. The van der Waals surface area contributed by atoms with Crippen LogP contribution in [0.3, 0.4) is 0 Å². The SMILES string of the molecule is CCc1nn2cc(-c3ccc(Br)cc3)nc2s1. The minimum Gasteiger partial charge on any atom is -0.217 e. The van der Waals surface area contributed by atoms with Crippen molar-refractivity contribution in [2.45, 2.75) is 13.3 Å². The number of halogens is 1. The van der Waals surface area contributed by atoms with E-state index in [9.17, 15) is 0 Å². The summed E-state index contributed by atoms with van der Waals surface area (Å²) in [6.07, 6.45) is 2.94. The highest BCUT2D eigenvalue weighted by Crippen LogP contribution is 2.23. The van der Waals surface area contributed by atoms with Crippen LogP contribution in [0.5, 0.6) is 0 Å². The van der Waals surface area contributed by atoms with Crippen LogP contribution in [0.1, 0.15) is 11.9 Å². The summed E-state index contributed by atoms with van der Waals surface area (Å²) in [7, 11) is 0. The first-order valence-corrected chi connectivity index (χ1v) is 6.98. The average molecular weight is 308 g/mol. The molecule has 0 aliphatic rings. The van der Waals surface area contributed by atoms with Gasteiger partial charge < -0.3 is 0 Å². The molecule has 0 saturated carbocycles. The Hall–Kier alpha value is -1.20. The van der Waals surface area contributed by atoms with E-state index in [0.717, 1.165) is 32.1 Å². The lowest BCUT2D eigenvalue weighted by atomic mass is 10.2. The number of imidazole rings is 1. The molecule has 5 heteroatoms. The highest BCUT2D eigenvalue weighted by atomic mass is 79.9. The third kappa shape index (κ3) is 2.00. The second kappa shape index (κ2) is 4.23. The summed E-state index contributed by atoms with van der Waals surface area (Å²) in [5.41, 5.74) is 2.09. The van der Waals surface area contributed by atoms with Gasteiger partial charge in [0.2, 0.25) is 4.96 Å². The molecule has 1 aromatic carbocycles. The summed E-state index contributed by atoms with van der Waals surface area (Å²) in [5, 5.41) is 5.58. The Morgan fingerprint density at radius 2 is 2.06 bits per heavy atom. The molecule has 3 nitrogen and oxygen atoms in total. The maximum atomic E-state index is 4.58. The second-order valence-corrected chi connectivity index (χ2v) is 5.67. The normalized spacial score (nSPS) is 11.2. The fourth-order valence-corrected chi connectivity index (χ4v) is 2.72. The zero-order valence-electron chi connectivity index (χ0n) is 9.22. The molecule has 0 bridgehead atoms. The van der Waals surface area contributed by atoms with E-state index in [1.54, 1.807) is 11.3 Å². The Balaban J connectivity index is 2.06. The van der Waals surface area contributed by atoms with Gasteiger partial charge in [-0.2, -0.15) is 5.10 Å². The van der Waals surface area contributed by atoms with Gasteiger partial charge in [0.15, 0.2) is 0 Å². The van der Waals surface area contributed by atoms with Crippen LogP contribution in [0.25, 0.3) is 16.2 Å². The largest absolute Gasteiger partial charge is 0.217 e. The first kappa shape index (κ1) is 10.9. The zero-order valence-corrected chi connectivity index (χ0v) is 11.6. The summed E-state index contributed by atoms with van der Waals surface area (Å²) >= 11 is 5.08. The Labute approximate surface area is 111 Å². The molecule has 2 heterocycles. The molecule has 0 amide bonds. The van der Waals surface area contributed by atoms with Crippen molar-refractivity contribution in [1.29, 1.82) is 0 Å². The first-order chi connectivity index (χ1) is 8.26. The monoisotopic (exact) mass is 307 g/mol. The van der Waals surface area contributed by atoms with E-state index in [1.807, 2.05) is 22.8 Å². The predicted molar refractivity (Wildman–Crippen MR) is 73.4 cm³/mol. The molecule has 0 unspecified atom stereocenters. The van der Waals surface area contributed by atoms with Crippen molar-refractivity contribution in [2.24, 2.45) is 0 Å². The molecule has 0 atom stereocenters. The number of fused-ring (bicyclic) bond motifs is 1. The van der Waals surface area contributed by atoms with Gasteiger partial charge in [-0.1, -0.05) is 46.3 Å². The topological polar surface area (TPSA) is 30.2 Å². The van der Waals surface area contributed by atoms with Crippen molar-refractivity contribution in [3.05, 3.63) is 39.9 Å². The Bertz CT molecular complexity index is 623. The molecular weight excluding hydrogens is 298 g/mol. The van der Waals surface area contributed by atoms with Gasteiger partial charge in [-0.3, -0.25) is 0 Å². The van der Waals surface area contributed by atoms with Gasteiger partial charge in [-0.25, -0.2) is 9.50 Å². The summed E-state index contributed by atoms with van der Waals surface area (Å²) in [4.78, 5) is 5.54. The van der Waals surface area contributed by atoms with Gasteiger partial charge in [-0.15, -0.1) is 0 Å². The Morgan fingerprint density at radius 3 is 2.71 bits per heavy atom. The zero-order chi connectivity index (χ0) is 11.8. The van der Waals surface area contributed by atoms with Crippen LogP contribution in [0, 0.1) is 0 Å². The van der Waals surface area contributed by atoms with E-state index in [-0.39, 0.29) is 0 Å². The standard InChI is InChI=1S/C12H10BrN3S/c1-2-11-15-16-7-10(14-12(16)17-11)8-3-5-9(13)6-4-8/h3-7H,2H2,1H3. The number of nitrogens with zero attached hydrogens (tertiary/aromatic N) is 3. The van der Waals surface area contributed by atoms with Crippen molar-refractivity contribution in [3.8, 4) is 11.3 Å². The van der Waals surface area contributed by atoms with Crippen molar-refractivity contribution in [1.82, 2.24) is 14.6 Å². The summed E-state index contributed by atoms with van der Waals surface area (Å²) in [5.74, 6) is 0.